The maximum atomic E-state index is 5.47. The second kappa shape index (κ2) is 7.04. The van der Waals surface area contributed by atoms with Crippen LogP contribution in [-0.4, -0.2) is 43.5 Å². The second-order valence-corrected chi connectivity index (χ2v) is 4.98. The van der Waals surface area contributed by atoms with Crippen molar-refractivity contribution in [2.45, 2.75) is 12.3 Å². The largest absolute Gasteiger partial charge is 0.379 e. The topological polar surface area (TPSA) is 12.5 Å². The van der Waals surface area contributed by atoms with E-state index in [1.807, 2.05) is 0 Å². The number of hydrogen-bond acceptors (Lipinski definition) is 3. The van der Waals surface area contributed by atoms with E-state index in [-0.39, 0.29) is 0 Å². The van der Waals surface area contributed by atoms with E-state index < -0.39 is 0 Å². The van der Waals surface area contributed by atoms with Crippen LogP contribution < -0.4 is 0 Å². The Morgan fingerprint density at radius 2 is 2.06 bits per heavy atom. The summed E-state index contributed by atoms with van der Waals surface area (Å²) in [7, 11) is 0. The molecule has 0 amide bonds. The highest BCUT2D eigenvalue weighted by molar-refractivity contribution is 7.80. The van der Waals surface area contributed by atoms with Crippen molar-refractivity contribution in [2.75, 3.05) is 38.6 Å². The smallest absolute Gasteiger partial charge is 0.0593 e. The summed E-state index contributed by atoms with van der Waals surface area (Å²) in [4.78, 5) is 2.50. The second-order valence-electron chi connectivity index (χ2n) is 4.53. The Kier molecular flexibility index (Phi) is 5.36. The third kappa shape index (κ3) is 4.02. The number of hydrogen-bond donors (Lipinski definition) is 1. The van der Waals surface area contributed by atoms with Crippen molar-refractivity contribution in [2.24, 2.45) is 0 Å². The van der Waals surface area contributed by atoms with Crippen molar-refractivity contribution in [1.29, 1.82) is 0 Å². The molecule has 1 atom stereocenters. The van der Waals surface area contributed by atoms with Gasteiger partial charge >= 0.3 is 0 Å². The molecule has 0 radical (unpaired) electrons. The minimum absolute atomic E-state index is 0.709. The first-order valence-corrected chi connectivity index (χ1v) is 6.99. The average Bonchev–Trinajstić information content (AvgIpc) is 2.85. The summed E-state index contributed by atoms with van der Waals surface area (Å²) >= 11 is 4.13. The van der Waals surface area contributed by atoms with Crippen LogP contribution >= 0.6 is 12.6 Å². The first-order valence-electron chi connectivity index (χ1n) is 6.36. The van der Waals surface area contributed by atoms with Crippen molar-refractivity contribution in [3.8, 4) is 0 Å². The number of nitrogens with zero attached hydrogens (tertiary/aromatic N) is 1. The van der Waals surface area contributed by atoms with Crippen LogP contribution in [0, 0.1) is 0 Å². The van der Waals surface area contributed by atoms with E-state index in [2.05, 4.69) is 47.9 Å². The van der Waals surface area contributed by atoms with Gasteiger partial charge in [0.05, 0.1) is 13.2 Å². The molecule has 1 aromatic rings. The molecule has 17 heavy (non-hydrogen) atoms. The van der Waals surface area contributed by atoms with Crippen LogP contribution in [0.4, 0.5) is 0 Å². The van der Waals surface area contributed by atoms with Gasteiger partial charge in [-0.05, 0) is 24.4 Å². The van der Waals surface area contributed by atoms with Crippen molar-refractivity contribution in [3.63, 3.8) is 0 Å². The standard InChI is InChI=1S/C14H21NOS/c17-11-10-16-9-8-15-7-6-14(12-15)13-4-2-1-3-5-13/h1-5,14,17H,6-12H2. The first-order chi connectivity index (χ1) is 8.40. The zero-order valence-electron chi connectivity index (χ0n) is 10.2. The first kappa shape index (κ1) is 12.9. The molecule has 0 aromatic heterocycles. The lowest BCUT2D eigenvalue weighted by atomic mass is 9.99. The molecule has 3 heteroatoms. The fraction of sp³-hybridized carbons (Fsp3) is 0.571. The zero-order valence-corrected chi connectivity index (χ0v) is 11.1. The van der Waals surface area contributed by atoms with Crippen LogP contribution in [-0.2, 0) is 4.74 Å². The Balaban J connectivity index is 1.72. The van der Waals surface area contributed by atoms with E-state index in [0.717, 1.165) is 25.5 Å². The highest BCUT2D eigenvalue weighted by atomic mass is 32.1. The number of benzene rings is 1. The summed E-state index contributed by atoms with van der Waals surface area (Å²) in [5, 5.41) is 0. The van der Waals surface area contributed by atoms with Crippen molar-refractivity contribution in [3.05, 3.63) is 35.9 Å². The fourth-order valence-electron chi connectivity index (χ4n) is 2.39. The monoisotopic (exact) mass is 251 g/mol. The summed E-state index contributed by atoms with van der Waals surface area (Å²) in [6.45, 7) is 5.02. The molecule has 1 saturated heterocycles. The molecule has 1 heterocycles. The highest BCUT2D eigenvalue weighted by Crippen LogP contribution is 2.26. The van der Waals surface area contributed by atoms with Gasteiger partial charge < -0.3 is 9.64 Å². The van der Waals surface area contributed by atoms with Crippen LogP contribution in [0.25, 0.3) is 0 Å². The van der Waals surface area contributed by atoms with Crippen LogP contribution in [0.3, 0.4) is 0 Å². The summed E-state index contributed by atoms with van der Waals surface area (Å²) in [6.07, 6.45) is 1.27. The summed E-state index contributed by atoms with van der Waals surface area (Å²) in [5.74, 6) is 1.52. The molecule has 1 aliphatic heterocycles. The van der Waals surface area contributed by atoms with Gasteiger partial charge in [-0.3, -0.25) is 0 Å². The van der Waals surface area contributed by atoms with Gasteiger partial charge in [0.15, 0.2) is 0 Å². The Morgan fingerprint density at radius 3 is 2.82 bits per heavy atom. The molecule has 1 unspecified atom stereocenters. The molecule has 0 bridgehead atoms. The molecular weight excluding hydrogens is 230 g/mol. The van der Waals surface area contributed by atoms with Crippen LogP contribution in [0.2, 0.25) is 0 Å². The third-order valence-corrected chi connectivity index (χ3v) is 3.51. The van der Waals surface area contributed by atoms with E-state index in [1.54, 1.807) is 0 Å². The molecule has 2 nitrogen and oxygen atoms in total. The summed E-state index contributed by atoms with van der Waals surface area (Å²) in [5.41, 5.74) is 1.48. The summed E-state index contributed by atoms with van der Waals surface area (Å²) in [6, 6.07) is 10.8. The van der Waals surface area contributed by atoms with Gasteiger partial charge in [0.25, 0.3) is 0 Å². The van der Waals surface area contributed by atoms with E-state index in [4.69, 9.17) is 4.74 Å². The van der Waals surface area contributed by atoms with Gasteiger partial charge in [0, 0.05) is 18.8 Å². The predicted octanol–water partition coefficient (Wildman–Crippen LogP) is 2.42. The SMILES string of the molecule is SCCOCCN1CCC(c2ccccc2)C1. The van der Waals surface area contributed by atoms with Crippen molar-refractivity contribution >= 4 is 12.6 Å². The Hall–Kier alpha value is -0.510. The van der Waals surface area contributed by atoms with Crippen molar-refractivity contribution in [1.82, 2.24) is 4.90 Å². The Bertz CT molecular complexity index is 317. The number of rotatable bonds is 6. The number of ether oxygens (including phenoxy) is 1. The lowest BCUT2D eigenvalue weighted by Crippen LogP contribution is -2.25. The maximum Gasteiger partial charge on any atom is 0.0593 e. The van der Waals surface area contributed by atoms with E-state index >= 15 is 0 Å². The normalized spacial score (nSPS) is 20.9. The molecule has 94 valence electrons. The van der Waals surface area contributed by atoms with E-state index in [9.17, 15) is 0 Å². The molecular formula is C14H21NOS. The molecule has 1 fully saturated rings. The van der Waals surface area contributed by atoms with Gasteiger partial charge in [-0.1, -0.05) is 30.3 Å². The van der Waals surface area contributed by atoms with Crippen LogP contribution in [0.15, 0.2) is 30.3 Å². The zero-order chi connectivity index (χ0) is 11.9. The van der Waals surface area contributed by atoms with Crippen molar-refractivity contribution < 1.29 is 4.74 Å². The van der Waals surface area contributed by atoms with Gasteiger partial charge in [0.1, 0.15) is 0 Å². The predicted molar refractivity (Wildman–Crippen MR) is 74.9 cm³/mol. The minimum Gasteiger partial charge on any atom is -0.379 e. The molecule has 0 saturated carbocycles. The molecule has 2 rings (SSSR count). The molecule has 0 N–H and O–H groups in total. The van der Waals surface area contributed by atoms with E-state index in [1.165, 1.54) is 25.1 Å². The fourth-order valence-corrected chi connectivity index (χ4v) is 2.52. The van der Waals surface area contributed by atoms with Gasteiger partial charge in [-0.15, -0.1) is 0 Å². The van der Waals surface area contributed by atoms with Gasteiger partial charge in [-0.2, -0.15) is 12.6 Å². The van der Waals surface area contributed by atoms with Crippen LogP contribution in [0.5, 0.6) is 0 Å². The Labute approximate surface area is 109 Å². The van der Waals surface area contributed by atoms with E-state index in [0.29, 0.717) is 5.92 Å². The molecule has 0 spiro atoms. The summed E-state index contributed by atoms with van der Waals surface area (Å²) < 4.78 is 5.47. The molecule has 1 aliphatic rings. The molecule has 1 aromatic carbocycles. The highest BCUT2D eigenvalue weighted by Gasteiger charge is 2.22. The quantitative estimate of drug-likeness (QED) is 0.616. The van der Waals surface area contributed by atoms with Gasteiger partial charge in [-0.25, -0.2) is 0 Å². The Morgan fingerprint density at radius 1 is 1.24 bits per heavy atom. The third-order valence-electron chi connectivity index (χ3n) is 3.33. The number of thiol groups is 1. The maximum absolute atomic E-state index is 5.47. The lowest BCUT2D eigenvalue weighted by Gasteiger charge is -2.16. The molecule has 0 aliphatic carbocycles. The lowest BCUT2D eigenvalue weighted by molar-refractivity contribution is 0.123. The number of likely N-dealkylation sites (tertiary alicyclic amines) is 1. The van der Waals surface area contributed by atoms with Crippen LogP contribution in [0.1, 0.15) is 17.9 Å². The average molecular weight is 251 g/mol. The minimum atomic E-state index is 0.709. The van der Waals surface area contributed by atoms with Gasteiger partial charge in [0.2, 0.25) is 0 Å².